The molecule has 0 amide bonds. The van der Waals surface area contributed by atoms with Crippen molar-refractivity contribution in [3.63, 3.8) is 0 Å². The molecule has 1 N–H and O–H groups in total. The maximum atomic E-state index is 12.4. The van der Waals surface area contributed by atoms with E-state index in [2.05, 4.69) is 0 Å². The van der Waals surface area contributed by atoms with Gasteiger partial charge >= 0.3 is 11.9 Å². The SMILES string of the molecule is Cc1cccc(Cl)c1CC(=O)OC1(CCC(=O)O)CCCOC1. The van der Waals surface area contributed by atoms with Crippen LogP contribution >= 0.6 is 11.6 Å². The fourth-order valence-electron chi connectivity index (χ4n) is 2.80. The number of aryl methyl sites for hydroxylation is 1. The molecule has 1 fully saturated rings. The fraction of sp³-hybridized carbons (Fsp3) is 0.529. The van der Waals surface area contributed by atoms with Crippen LogP contribution in [0, 0.1) is 6.92 Å². The second-order valence-electron chi connectivity index (χ2n) is 5.92. The molecule has 5 nitrogen and oxygen atoms in total. The van der Waals surface area contributed by atoms with E-state index in [1.807, 2.05) is 19.1 Å². The van der Waals surface area contributed by atoms with E-state index in [1.165, 1.54) is 0 Å². The van der Waals surface area contributed by atoms with Crippen molar-refractivity contribution < 1.29 is 24.2 Å². The number of aliphatic carboxylic acids is 1. The topological polar surface area (TPSA) is 72.8 Å². The predicted molar refractivity (Wildman–Crippen MR) is 85.6 cm³/mol. The van der Waals surface area contributed by atoms with Crippen molar-refractivity contribution in [2.24, 2.45) is 0 Å². The summed E-state index contributed by atoms with van der Waals surface area (Å²) in [7, 11) is 0. The van der Waals surface area contributed by atoms with Crippen LogP contribution in [0.25, 0.3) is 0 Å². The second-order valence-corrected chi connectivity index (χ2v) is 6.33. The number of carboxylic acid groups (broad SMARTS) is 1. The van der Waals surface area contributed by atoms with Crippen molar-refractivity contribution in [3.8, 4) is 0 Å². The molecule has 1 aromatic carbocycles. The minimum atomic E-state index is -0.909. The summed E-state index contributed by atoms with van der Waals surface area (Å²) in [5, 5.41) is 9.43. The highest BCUT2D eigenvalue weighted by atomic mass is 35.5. The summed E-state index contributed by atoms with van der Waals surface area (Å²) in [5.74, 6) is -1.31. The van der Waals surface area contributed by atoms with Gasteiger partial charge in [-0.05, 0) is 43.4 Å². The highest BCUT2D eigenvalue weighted by Gasteiger charge is 2.37. The zero-order valence-electron chi connectivity index (χ0n) is 13.1. The van der Waals surface area contributed by atoms with Gasteiger partial charge in [-0.15, -0.1) is 0 Å². The average Bonchev–Trinajstić information content (AvgIpc) is 2.50. The van der Waals surface area contributed by atoms with E-state index < -0.39 is 17.5 Å². The molecule has 1 unspecified atom stereocenters. The van der Waals surface area contributed by atoms with Gasteiger partial charge in [0.15, 0.2) is 0 Å². The number of hydrogen-bond donors (Lipinski definition) is 1. The van der Waals surface area contributed by atoms with Gasteiger partial charge in [-0.1, -0.05) is 23.7 Å². The summed E-state index contributed by atoms with van der Waals surface area (Å²) in [6.45, 7) is 2.74. The van der Waals surface area contributed by atoms with Gasteiger partial charge in [-0.2, -0.15) is 0 Å². The van der Waals surface area contributed by atoms with Crippen LogP contribution in [-0.2, 0) is 25.5 Å². The largest absolute Gasteiger partial charge is 0.481 e. The van der Waals surface area contributed by atoms with Gasteiger partial charge in [-0.25, -0.2) is 0 Å². The molecule has 0 aliphatic carbocycles. The fourth-order valence-corrected chi connectivity index (χ4v) is 3.09. The predicted octanol–water partition coefficient (Wildman–Crippen LogP) is 3.15. The van der Waals surface area contributed by atoms with E-state index in [1.54, 1.807) is 6.07 Å². The number of halogens is 1. The summed E-state index contributed by atoms with van der Waals surface area (Å²) in [4.78, 5) is 23.2. The third-order valence-electron chi connectivity index (χ3n) is 4.09. The molecule has 0 spiro atoms. The molecule has 1 heterocycles. The smallest absolute Gasteiger partial charge is 0.310 e. The Hall–Kier alpha value is -1.59. The number of ether oxygens (including phenoxy) is 2. The van der Waals surface area contributed by atoms with E-state index in [9.17, 15) is 9.59 Å². The zero-order chi connectivity index (χ0) is 16.9. The van der Waals surface area contributed by atoms with Crippen LogP contribution < -0.4 is 0 Å². The maximum absolute atomic E-state index is 12.4. The lowest BCUT2D eigenvalue weighted by Gasteiger charge is -2.36. The molecule has 1 aliphatic rings. The molecule has 1 atom stereocenters. The number of carbonyl (C=O) groups is 2. The van der Waals surface area contributed by atoms with E-state index in [4.69, 9.17) is 26.2 Å². The summed E-state index contributed by atoms with van der Waals surface area (Å²) in [5.41, 5.74) is 0.821. The van der Waals surface area contributed by atoms with E-state index in [0.29, 0.717) is 18.1 Å². The number of esters is 1. The zero-order valence-corrected chi connectivity index (χ0v) is 13.9. The van der Waals surface area contributed by atoms with E-state index in [0.717, 1.165) is 17.5 Å². The number of hydrogen-bond acceptors (Lipinski definition) is 4. The van der Waals surface area contributed by atoms with Gasteiger partial charge in [-0.3, -0.25) is 9.59 Å². The van der Waals surface area contributed by atoms with Crippen LogP contribution in [0.1, 0.15) is 36.8 Å². The number of carbonyl (C=O) groups excluding carboxylic acids is 1. The minimum Gasteiger partial charge on any atom is -0.481 e. The summed E-state index contributed by atoms with van der Waals surface area (Å²) >= 11 is 6.14. The number of rotatable bonds is 6. The van der Waals surface area contributed by atoms with Gasteiger partial charge in [0, 0.05) is 18.1 Å². The van der Waals surface area contributed by atoms with Crippen LogP contribution in [0.3, 0.4) is 0 Å². The maximum Gasteiger partial charge on any atom is 0.310 e. The first-order valence-corrected chi connectivity index (χ1v) is 8.05. The van der Waals surface area contributed by atoms with Crippen LogP contribution in [0.4, 0.5) is 0 Å². The van der Waals surface area contributed by atoms with E-state index in [-0.39, 0.29) is 25.9 Å². The average molecular weight is 341 g/mol. The number of benzene rings is 1. The van der Waals surface area contributed by atoms with Gasteiger partial charge in [0.1, 0.15) is 5.60 Å². The van der Waals surface area contributed by atoms with Crippen molar-refractivity contribution in [2.45, 2.75) is 44.6 Å². The Morgan fingerprint density at radius 1 is 1.43 bits per heavy atom. The third-order valence-corrected chi connectivity index (χ3v) is 4.44. The Morgan fingerprint density at radius 2 is 2.22 bits per heavy atom. The van der Waals surface area contributed by atoms with Gasteiger partial charge in [0.05, 0.1) is 13.0 Å². The van der Waals surface area contributed by atoms with Crippen molar-refractivity contribution >= 4 is 23.5 Å². The molecule has 126 valence electrons. The molecule has 0 radical (unpaired) electrons. The first-order valence-electron chi connectivity index (χ1n) is 7.67. The first kappa shape index (κ1) is 17.8. The van der Waals surface area contributed by atoms with Crippen molar-refractivity contribution in [2.75, 3.05) is 13.2 Å². The van der Waals surface area contributed by atoms with Crippen molar-refractivity contribution in [3.05, 3.63) is 34.3 Å². The second kappa shape index (κ2) is 7.79. The van der Waals surface area contributed by atoms with Crippen LogP contribution in [0.15, 0.2) is 18.2 Å². The Labute approximate surface area is 140 Å². The molecule has 1 saturated heterocycles. The van der Waals surface area contributed by atoms with Gasteiger partial charge < -0.3 is 14.6 Å². The molecular weight excluding hydrogens is 320 g/mol. The minimum absolute atomic E-state index is 0.0538. The lowest BCUT2D eigenvalue weighted by Crippen LogP contribution is -2.44. The Bertz CT molecular complexity index is 558. The summed E-state index contributed by atoms with van der Waals surface area (Å²) in [6.07, 6.45) is 1.64. The molecule has 0 bridgehead atoms. The Balaban J connectivity index is 2.06. The third kappa shape index (κ3) is 4.94. The molecule has 23 heavy (non-hydrogen) atoms. The first-order chi connectivity index (χ1) is 10.9. The highest BCUT2D eigenvalue weighted by molar-refractivity contribution is 6.31. The van der Waals surface area contributed by atoms with Crippen molar-refractivity contribution in [1.82, 2.24) is 0 Å². The summed E-state index contributed by atoms with van der Waals surface area (Å²) < 4.78 is 11.1. The molecular formula is C17H21ClO5. The highest BCUT2D eigenvalue weighted by Crippen LogP contribution is 2.30. The van der Waals surface area contributed by atoms with E-state index >= 15 is 0 Å². The van der Waals surface area contributed by atoms with Crippen LogP contribution in [-0.4, -0.2) is 35.9 Å². The monoisotopic (exact) mass is 340 g/mol. The Kier molecular flexibility index (Phi) is 6.02. The van der Waals surface area contributed by atoms with Crippen LogP contribution in [0.5, 0.6) is 0 Å². The van der Waals surface area contributed by atoms with Gasteiger partial charge in [0.2, 0.25) is 0 Å². The molecule has 2 rings (SSSR count). The molecule has 1 aromatic rings. The standard InChI is InChI=1S/C17H21ClO5/c1-12-4-2-5-14(18)13(12)10-16(21)23-17(8-6-15(19)20)7-3-9-22-11-17/h2,4-5H,3,6-11H2,1H3,(H,19,20). The number of carboxylic acids is 1. The molecule has 1 aliphatic heterocycles. The quantitative estimate of drug-likeness (QED) is 0.805. The lowest BCUT2D eigenvalue weighted by molar-refractivity contribution is -0.176. The molecule has 0 aromatic heterocycles. The van der Waals surface area contributed by atoms with Crippen LogP contribution in [0.2, 0.25) is 5.02 Å². The lowest BCUT2D eigenvalue weighted by atomic mass is 9.91. The molecule has 0 saturated carbocycles. The molecule has 6 heteroatoms. The Morgan fingerprint density at radius 3 is 2.83 bits per heavy atom. The van der Waals surface area contributed by atoms with Gasteiger partial charge in [0.25, 0.3) is 0 Å². The van der Waals surface area contributed by atoms with Crippen molar-refractivity contribution in [1.29, 1.82) is 0 Å². The normalized spacial score (nSPS) is 21.0. The summed E-state index contributed by atoms with van der Waals surface area (Å²) in [6, 6.07) is 5.45.